The lowest BCUT2D eigenvalue weighted by Crippen LogP contribution is -2.49. The van der Waals surface area contributed by atoms with E-state index in [1.165, 1.54) is 11.0 Å². The van der Waals surface area contributed by atoms with E-state index in [4.69, 9.17) is 16.3 Å². The van der Waals surface area contributed by atoms with Gasteiger partial charge in [0.2, 0.25) is 5.91 Å². The highest BCUT2D eigenvalue weighted by molar-refractivity contribution is 6.30. The summed E-state index contributed by atoms with van der Waals surface area (Å²) >= 11 is 5.84. The molecule has 150 valence electrons. The highest BCUT2D eigenvalue weighted by Crippen LogP contribution is 2.17. The first-order valence-electron chi connectivity index (χ1n) is 9.11. The zero-order chi connectivity index (χ0) is 20.5. The second-order valence-corrected chi connectivity index (χ2v) is 6.76. The molecule has 0 saturated carbocycles. The number of nitrogens with zero attached hydrogens (tertiary/aromatic N) is 1. The van der Waals surface area contributed by atoms with Crippen molar-refractivity contribution in [2.45, 2.75) is 32.9 Å². The van der Waals surface area contributed by atoms with Crippen molar-refractivity contribution in [1.82, 2.24) is 10.2 Å². The van der Waals surface area contributed by atoms with Crippen LogP contribution in [0.2, 0.25) is 5.02 Å². The topological polar surface area (TPSA) is 58.6 Å². The normalized spacial score (nSPS) is 11.6. The summed E-state index contributed by atoms with van der Waals surface area (Å²) in [6.07, 6.45) is 0.777. The lowest BCUT2D eigenvalue weighted by atomic mass is 10.1. The third-order valence-corrected chi connectivity index (χ3v) is 4.44. The fourth-order valence-corrected chi connectivity index (χ4v) is 2.67. The van der Waals surface area contributed by atoms with Crippen LogP contribution in [0.3, 0.4) is 0 Å². The van der Waals surface area contributed by atoms with Crippen LogP contribution >= 0.6 is 11.6 Å². The summed E-state index contributed by atoms with van der Waals surface area (Å²) in [6.45, 7) is 3.75. The number of benzene rings is 2. The average Bonchev–Trinajstić information content (AvgIpc) is 2.70. The van der Waals surface area contributed by atoms with Crippen LogP contribution in [0.1, 0.15) is 25.8 Å². The van der Waals surface area contributed by atoms with Gasteiger partial charge in [-0.2, -0.15) is 0 Å². The second-order valence-electron chi connectivity index (χ2n) is 6.32. The molecule has 0 aliphatic rings. The number of nitrogens with one attached hydrogen (secondary N) is 1. The number of hydrogen-bond acceptors (Lipinski definition) is 3. The van der Waals surface area contributed by atoms with Gasteiger partial charge in [-0.05, 0) is 43.7 Å². The van der Waals surface area contributed by atoms with Crippen molar-refractivity contribution >= 4 is 23.4 Å². The molecule has 2 rings (SSSR count). The molecule has 0 saturated heterocycles. The van der Waals surface area contributed by atoms with Crippen LogP contribution in [0.15, 0.2) is 48.5 Å². The lowest BCUT2D eigenvalue weighted by Gasteiger charge is -2.28. The molecule has 5 nitrogen and oxygen atoms in total. The Labute approximate surface area is 169 Å². The van der Waals surface area contributed by atoms with Crippen LogP contribution in [0.25, 0.3) is 0 Å². The van der Waals surface area contributed by atoms with E-state index in [9.17, 15) is 14.0 Å². The number of carbonyl (C=O) groups is 2. The number of hydrogen-bond donors (Lipinski definition) is 1. The highest BCUT2D eigenvalue weighted by Gasteiger charge is 2.27. The van der Waals surface area contributed by atoms with E-state index in [1.807, 2.05) is 6.92 Å². The minimum atomic E-state index is -0.771. The number of carbonyl (C=O) groups excluding carboxylic acids is 2. The minimum absolute atomic E-state index is 0.0316. The van der Waals surface area contributed by atoms with E-state index in [1.54, 1.807) is 49.4 Å². The quantitative estimate of drug-likeness (QED) is 0.689. The van der Waals surface area contributed by atoms with E-state index in [0.717, 1.165) is 6.42 Å². The van der Waals surface area contributed by atoms with Gasteiger partial charge in [0.25, 0.3) is 5.91 Å². The van der Waals surface area contributed by atoms with Crippen LogP contribution in [-0.4, -0.2) is 35.9 Å². The average molecular weight is 407 g/mol. The molecule has 0 aliphatic heterocycles. The van der Waals surface area contributed by atoms with Crippen LogP contribution in [0.4, 0.5) is 4.39 Å². The number of halogens is 2. The first kappa shape index (κ1) is 21.7. The molecule has 28 heavy (non-hydrogen) atoms. The van der Waals surface area contributed by atoms with Crippen molar-refractivity contribution in [3.05, 3.63) is 64.9 Å². The molecular formula is C21H24ClFN2O3. The maximum atomic E-state index is 14.1. The van der Waals surface area contributed by atoms with E-state index in [2.05, 4.69) is 5.32 Å². The van der Waals surface area contributed by atoms with E-state index in [-0.39, 0.29) is 19.1 Å². The van der Waals surface area contributed by atoms with Crippen LogP contribution in [0.5, 0.6) is 5.75 Å². The molecule has 2 amide bonds. The van der Waals surface area contributed by atoms with Crippen molar-refractivity contribution in [3.63, 3.8) is 0 Å². The predicted octanol–water partition coefficient (Wildman–Crippen LogP) is 3.80. The maximum absolute atomic E-state index is 14.1. The second kappa shape index (κ2) is 10.7. The third-order valence-electron chi connectivity index (χ3n) is 4.19. The van der Waals surface area contributed by atoms with Gasteiger partial charge in [-0.1, -0.05) is 36.7 Å². The molecule has 0 bridgehead atoms. The molecule has 0 radical (unpaired) electrons. The molecule has 7 heteroatoms. The molecule has 0 aliphatic carbocycles. The first-order valence-corrected chi connectivity index (χ1v) is 9.49. The molecule has 1 N–H and O–H groups in total. The summed E-state index contributed by atoms with van der Waals surface area (Å²) in [7, 11) is 0. The van der Waals surface area contributed by atoms with Gasteiger partial charge in [0.1, 0.15) is 17.6 Å². The molecule has 1 unspecified atom stereocenters. The Balaban J connectivity index is 2.13. The fraction of sp³-hybridized carbons (Fsp3) is 0.333. The first-order chi connectivity index (χ1) is 13.4. The Morgan fingerprint density at radius 2 is 1.86 bits per heavy atom. The van der Waals surface area contributed by atoms with Gasteiger partial charge >= 0.3 is 0 Å². The summed E-state index contributed by atoms with van der Waals surface area (Å²) in [5.41, 5.74) is 0.331. The molecule has 0 fully saturated rings. The van der Waals surface area contributed by atoms with Crippen molar-refractivity contribution in [2.75, 3.05) is 13.2 Å². The standard InChI is InChI=1S/C21H24ClFN2O3/c1-3-12-24-21(27)15(2)25(13-16-6-4-5-7-19(16)23)20(26)14-28-18-10-8-17(22)9-11-18/h4-11,15H,3,12-14H2,1-2H3,(H,24,27). The lowest BCUT2D eigenvalue weighted by molar-refractivity contribution is -0.142. The van der Waals surface area contributed by atoms with Crippen molar-refractivity contribution in [1.29, 1.82) is 0 Å². The summed E-state index contributed by atoms with van der Waals surface area (Å²) in [5.74, 6) is -0.665. The van der Waals surface area contributed by atoms with Crippen molar-refractivity contribution in [3.8, 4) is 5.75 Å². The van der Waals surface area contributed by atoms with Gasteiger partial charge in [-0.15, -0.1) is 0 Å². The summed E-state index contributed by atoms with van der Waals surface area (Å²) in [6, 6.07) is 12.0. The summed E-state index contributed by atoms with van der Waals surface area (Å²) < 4.78 is 19.6. The van der Waals surface area contributed by atoms with E-state index < -0.39 is 17.8 Å². The van der Waals surface area contributed by atoms with Crippen molar-refractivity contribution < 1.29 is 18.7 Å². The molecule has 0 aromatic heterocycles. The number of ether oxygens (including phenoxy) is 1. The summed E-state index contributed by atoms with van der Waals surface area (Å²) in [5, 5.41) is 3.32. The third kappa shape index (κ3) is 6.23. The number of amides is 2. The zero-order valence-electron chi connectivity index (χ0n) is 16.0. The molecule has 2 aromatic rings. The predicted molar refractivity (Wildman–Crippen MR) is 107 cm³/mol. The summed E-state index contributed by atoms with van der Waals surface area (Å²) in [4.78, 5) is 26.5. The minimum Gasteiger partial charge on any atom is -0.484 e. The monoisotopic (exact) mass is 406 g/mol. The van der Waals surface area contributed by atoms with Gasteiger partial charge < -0.3 is 15.0 Å². The molecule has 1 atom stereocenters. The van der Waals surface area contributed by atoms with Gasteiger partial charge in [0.05, 0.1) is 0 Å². The maximum Gasteiger partial charge on any atom is 0.261 e. The highest BCUT2D eigenvalue weighted by atomic mass is 35.5. The van der Waals surface area contributed by atoms with Gasteiger partial charge in [0, 0.05) is 23.7 Å². The Morgan fingerprint density at radius 1 is 1.18 bits per heavy atom. The largest absolute Gasteiger partial charge is 0.484 e. The molecule has 0 spiro atoms. The Bertz CT molecular complexity index is 798. The molecular weight excluding hydrogens is 383 g/mol. The number of rotatable bonds is 9. The van der Waals surface area contributed by atoms with E-state index >= 15 is 0 Å². The van der Waals surface area contributed by atoms with Crippen LogP contribution in [-0.2, 0) is 16.1 Å². The molecule has 2 aromatic carbocycles. The van der Waals surface area contributed by atoms with Gasteiger partial charge in [0.15, 0.2) is 6.61 Å². The smallest absolute Gasteiger partial charge is 0.261 e. The Kier molecular flexibility index (Phi) is 8.26. The Hall–Kier alpha value is -2.60. The zero-order valence-corrected chi connectivity index (χ0v) is 16.7. The van der Waals surface area contributed by atoms with E-state index in [0.29, 0.717) is 22.9 Å². The fourth-order valence-electron chi connectivity index (χ4n) is 2.55. The van der Waals surface area contributed by atoms with Crippen molar-refractivity contribution in [2.24, 2.45) is 0 Å². The van der Waals surface area contributed by atoms with Crippen LogP contribution in [0, 0.1) is 5.82 Å². The SMILES string of the molecule is CCCNC(=O)C(C)N(Cc1ccccc1F)C(=O)COc1ccc(Cl)cc1. The Morgan fingerprint density at radius 3 is 2.50 bits per heavy atom. The van der Waals surface area contributed by atoms with Crippen LogP contribution < -0.4 is 10.1 Å². The molecule has 0 heterocycles. The van der Waals surface area contributed by atoms with Gasteiger partial charge in [-0.25, -0.2) is 4.39 Å². The van der Waals surface area contributed by atoms with Gasteiger partial charge in [-0.3, -0.25) is 9.59 Å².